The summed E-state index contributed by atoms with van der Waals surface area (Å²) in [5.41, 5.74) is 4.32. The standard InChI is InChI=1S/C18H17ClN2O/c1-12(20(2)3)17-15-9-4-5-10-16(15)21(18(17)22)14-8-6-7-13(19)11-14/h4-11H,1-3H3/b17-12-. The third-order valence-electron chi connectivity index (χ3n) is 3.93. The number of rotatable bonds is 2. The SMILES string of the molecule is C/C(=C1/C(=O)N(c2cccc(Cl)c2)c2ccccc21)N(C)C. The van der Waals surface area contributed by atoms with Crippen molar-refractivity contribution in [3.8, 4) is 0 Å². The number of amides is 1. The lowest BCUT2D eigenvalue weighted by molar-refractivity contribution is -0.112. The maximum atomic E-state index is 13.0. The van der Waals surface area contributed by atoms with Crippen LogP contribution in [-0.2, 0) is 4.79 Å². The Morgan fingerprint density at radius 2 is 1.82 bits per heavy atom. The molecular formula is C18H17ClN2O. The lowest BCUT2D eigenvalue weighted by atomic mass is 10.1. The van der Waals surface area contributed by atoms with Crippen LogP contribution in [0.15, 0.2) is 54.2 Å². The fraction of sp³-hybridized carbons (Fsp3) is 0.167. The van der Waals surface area contributed by atoms with Crippen molar-refractivity contribution in [1.82, 2.24) is 4.90 Å². The van der Waals surface area contributed by atoms with Crippen molar-refractivity contribution in [1.29, 1.82) is 0 Å². The number of carbonyl (C=O) groups excluding carboxylic acids is 1. The molecule has 0 aliphatic carbocycles. The van der Waals surface area contributed by atoms with Gasteiger partial charge in [0.15, 0.2) is 0 Å². The molecule has 0 unspecified atom stereocenters. The van der Waals surface area contributed by atoms with E-state index < -0.39 is 0 Å². The van der Waals surface area contributed by atoms with Gasteiger partial charge in [0.25, 0.3) is 5.91 Å². The highest BCUT2D eigenvalue weighted by molar-refractivity contribution is 6.36. The number of benzene rings is 2. The molecule has 1 aliphatic rings. The van der Waals surface area contributed by atoms with Gasteiger partial charge in [-0.15, -0.1) is 0 Å². The van der Waals surface area contributed by atoms with Crippen molar-refractivity contribution in [3.63, 3.8) is 0 Å². The molecule has 0 aromatic heterocycles. The molecule has 0 spiro atoms. The van der Waals surface area contributed by atoms with E-state index in [-0.39, 0.29) is 5.91 Å². The van der Waals surface area contributed by atoms with E-state index in [0.29, 0.717) is 5.02 Å². The van der Waals surface area contributed by atoms with Gasteiger partial charge in [-0.25, -0.2) is 0 Å². The van der Waals surface area contributed by atoms with Gasteiger partial charge in [0, 0.05) is 30.4 Å². The number of para-hydroxylation sites is 1. The minimum atomic E-state index is -0.0188. The summed E-state index contributed by atoms with van der Waals surface area (Å²) in [5, 5.41) is 0.615. The number of halogens is 1. The molecule has 1 aliphatic heterocycles. The Labute approximate surface area is 135 Å². The summed E-state index contributed by atoms with van der Waals surface area (Å²) in [6, 6.07) is 15.2. The number of hydrogen-bond donors (Lipinski definition) is 0. The molecule has 0 fully saturated rings. The van der Waals surface area contributed by atoms with Crippen LogP contribution >= 0.6 is 11.6 Å². The molecule has 2 aromatic carbocycles. The molecule has 3 rings (SSSR count). The molecule has 2 aromatic rings. The fourth-order valence-corrected chi connectivity index (χ4v) is 2.85. The van der Waals surface area contributed by atoms with Gasteiger partial charge in [-0.2, -0.15) is 0 Å². The first kappa shape index (κ1) is 14.7. The average molecular weight is 313 g/mol. The smallest absolute Gasteiger partial charge is 0.265 e. The number of fused-ring (bicyclic) bond motifs is 1. The minimum absolute atomic E-state index is 0.0188. The van der Waals surface area contributed by atoms with Gasteiger partial charge in [0.05, 0.1) is 16.9 Å². The molecule has 0 saturated carbocycles. The van der Waals surface area contributed by atoms with Crippen LogP contribution in [0.2, 0.25) is 5.02 Å². The van der Waals surface area contributed by atoms with Gasteiger partial charge >= 0.3 is 0 Å². The Morgan fingerprint density at radius 3 is 2.50 bits per heavy atom. The molecule has 1 heterocycles. The quantitative estimate of drug-likeness (QED) is 0.771. The van der Waals surface area contributed by atoms with Crippen LogP contribution in [0.1, 0.15) is 12.5 Å². The first-order valence-corrected chi connectivity index (χ1v) is 7.46. The van der Waals surface area contributed by atoms with E-state index >= 15 is 0 Å². The number of anilines is 2. The Balaban J connectivity index is 2.23. The number of carbonyl (C=O) groups is 1. The summed E-state index contributed by atoms with van der Waals surface area (Å²) in [6.45, 7) is 1.96. The summed E-state index contributed by atoms with van der Waals surface area (Å²) < 4.78 is 0. The van der Waals surface area contributed by atoms with E-state index in [4.69, 9.17) is 11.6 Å². The van der Waals surface area contributed by atoms with Crippen molar-refractivity contribution in [2.75, 3.05) is 19.0 Å². The summed E-state index contributed by atoms with van der Waals surface area (Å²) in [4.78, 5) is 16.7. The molecule has 1 amide bonds. The van der Waals surface area contributed by atoms with Gasteiger partial charge in [-0.1, -0.05) is 35.9 Å². The highest BCUT2D eigenvalue weighted by Gasteiger charge is 2.35. The second-order valence-corrected chi connectivity index (χ2v) is 5.93. The summed E-state index contributed by atoms with van der Waals surface area (Å²) >= 11 is 6.09. The first-order chi connectivity index (χ1) is 10.5. The van der Waals surface area contributed by atoms with Crippen molar-refractivity contribution in [2.24, 2.45) is 0 Å². The van der Waals surface area contributed by atoms with Gasteiger partial charge in [-0.3, -0.25) is 9.69 Å². The van der Waals surface area contributed by atoms with Crippen LogP contribution < -0.4 is 4.90 Å². The van der Waals surface area contributed by atoms with Gasteiger partial charge < -0.3 is 4.90 Å². The van der Waals surface area contributed by atoms with Crippen LogP contribution in [-0.4, -0.2) is 24.9 Å². The second-order valence-electron chi connectivity index (χ2n) is 5.49. The van der Waals surface area contributed by atoms with Gasteiger partial charge in [0.2, 0.25) is 0 Å². The fourth-order valence-electron chi connectivity index (χ4n) is 2.66. The monoisotopic (exact) mass is 312 g/mol. The molecule has 22 heavy (non-hydrogen) atoms. The Kier molecular flexibility index (Phi) is 3.67. The van der Waals surface area contributed by atoms with Gasteiger partial charge in [0.1, 0.15) is 0 Å². The third kappa shape index (κ3) is 2.28. The largest absolute Gasteiger partial charge is 0.381 e. The van der Waals surface area contributed by atoms with Crippen molar-refractivity contribution < 1.29 is 4.79 Å². The molecule has 0 saturated heterocycles. The lowest BCUT2D eigenvalue weighted by Crippen LogP contribution is -2.22. The van der Waals surface area contributed by atoms with Crippen molar-refractivity contribution >= 4 is 34.5 Å². The summed E-state index contributed by atoms with van der Waals surface area (Å²) in [7, 11) is 3.89. The van der Waals surface area contributed by atoms with E-state index in [1.54, 1.807) is 11.0 Å². The summed E-state index contributed by atoms with van der Waals surface area (Å²) in [5.74, 6) is -0.0188. The van der Waals surface area contributed by atoms with E-state index in [9.17, 15) is 4.79 Å². The Hall–Kier alpha value is -2.26. The Morgan fingerprint density at radius 1 is 1.09 bits per heavy atom. The highest BCUT2D eigenvalue weighted by atomic mass is 35.5. The molecule has 3 nitrogen and oxygen atoms in total. The van der Waals surface area contributed by atoms with Crippen LogP contribution in [0, 0.1) is 0 Å². The van der Waals surface area contributed by atoms with Crippen molar-refractivity contribution in [2.45, 2.75) is 6.92 Å². The van der Waals surface area contributed by atoms with Crippen LogP contribution in [0.25, 0.3) is 5.57 Å². The first-order valence-electron chi connectivity index (χ1n) is 7.08. The summed E-state index contributed by atoms with van der Waals surface area (Å²) in [6.07, 6.45) is 0. The molecule has 112 valence electrons. The normalized spacial score (nSPS) is 15.8. The predicted octanol–water partition coefficient (Wildman–Crippen LogP) is 4.31. The zero-order valence-electron chi connectivity index (χ0n) is 12.8. The van der Waals surface area contributed by atoms with E-state index in [2.05, 4.69) is 0 Å². The molecule has 0 N–H and O–H groups in total. The van der Waals surface area contributed by atoms with E-state index in [0.717, 1.165) is 28.2 Å². The zero-order chi connectivity index (χ0) is 15.9. The number of nitrogens with zero attached hydrogens (tertiary/aromatic N) is 2. The van der Waals surface area contributed by atoms with Crippen molar-refractivity contribution in [3.05, 3.63) is 64.8 Å². The average Bonchev–Trinajstić information content (AvgIpc) is 2.78. The molecule has 0 atom stereocenters. The Bertz CT molecular complexity index is 780. The molecule has 4 heteroatoms. The van der Waals surface area contributed by atoms with Crippen LogP contribution in [0.4, 0.5) is 11.4 Å². The molecule has 0 bridgehead atoms. The van der Waals surface area contributed by atoms with Crippen LogP contribution in [0.3, 0.4) is 0 Å². The van der Waals surface area contributed by atoms with Gasteiger partial charge in [-0.05, 0) is 31.2 Å². The minimum Gasteiger partial charge on any atom is -0.381 e. The van der Waals surface area contributed by atoms with E-state index in [1.807, 2.05) is 68.4 Å². The van der Waals surface area contributed by atoms with Crippen LogP contribution in [0.5, 0.6) is 0 Å². The highest BCUT2D eigenvalue weighted by Crippen LogP contribution is 2.43. The maximum absolute atomic E-state index is 13.0. The predicted molar refractivity (Wildman–Crippen MR) is 91.3 cm³/mol. The third-order valence-corrected chi connectivity index (χ3v) is 4.17. The van der Waals surface area contributed by atoms with E-state index in [1.165, 1.54) is 0 Å². The number of hydrogen-bond acceptors (Lipinski definition) is 2. The lowest BCUT2D eigenvalue weighted by Gasteiger charge is -2.18. The maximum Gasteiger partial charge on any atom is 0.265 e. The molecule has 0 radical (unpaired) electrons. The zero-order valence-corrected chi connectivity index (χ0v) is 13.6. The second kappa shape index (κ2) is 5.50. The number of allylic oxidation sites excluding steroid dienone is 1. The molecular weight excluding hydrogens is 296 g/mol. The topological polar surface area (TPSA) is 23.6 Å².